The second-order valence-electron chi connectivity index (χ2n) is 10.2. The van der Waals surface area contributed by atoms with Crippen molar-refractivity contribution in [2.24, 2.45) is 11.8 Å². The van der Waals surface area contributed by atoms with Gasteiger partial charge < -0.3 is 0 Å². The third-order valence-electron chi connectivity index (χ3n) is 7.05. The molecule has 1 saturated carbocycles. The van der Waals surface area contributed by atoms with Crippen molar-refractivity contribution >= 4 is 0 Å². The van der Waals surface area contributed by atoms with Crippen LogP contribution in [0, 0.1) is 11.8 Å². The summed E-state index contributed by atoms with van der Waals surface area (Å²) >= 11 is 0. The average Bonchev–Trinajstić information content (AvgIpc) is 3.54. The first-order valence-corrected chi connectivity index (χ1v) is 13.0. The molecule has 0 saturated heterocycles. The summed E-state index contributed by atoms with van der Waals surface area (Å²) in [6, 6.07) is 16.9. The molecule has 35 heavy (non-hydrogen) atoms. The van der Waals surface area contributed by atoms with E-state index in [2.05, 4.69) is 69.5 Å². The lowest BCUT2D eigenvalue weighted by molar-refractivity contribution is 0.350. The van der Waals surface area contributed by atoms with Gasteiger partial charge in [-0.25, -0.2) is 9.67 Å². The molecular weight excluding hydrogens is 434 g/mol. The quantitative estimate of drug-likeness (QED) is 0.331. The summed E-state index contributed by atoms with van der Waals surface area (Å²) in [5.74, 6) is 4.11. The maximum Gasteiger partial charge on any atom is 0.205 e. The normalized spacial score (nSPS) is 14.6. The van der Waals surface area contributed by atoms with Crippen molar-refractivity contribution in [1.29, 1.82) is 0 Å². The Morgan fingerprint density at radius 3 is 2.46 bits per heavy atom. The van der Waals surface area contributed by atoms with Crippen LogP contribution >= 0.6 is 0 Å². The van der Waals surface area contributed by atoms with E-state index in [-0.39, 0.29) is 0 Å². The van der Waals surface area contributed by atoms with Crippen LogP contribution in [0.3, 0.4) is 0 Å². The lowest BCUT2D eigenvalue weighted by Crippen LogP contribution is -2.11. The summed E-state index contributed by atoms with van der Waals surface area (Å²) < 4.78 is 2.16. The van der Waals surface area contributed by atoms with Gasteiger partial charge in [0.05, 0.1) is 0 Å². The molecule has 0 spiro atoms. The van der Waals surface area contributed by atoms with Crippen molar-refractivity contribution in [3.8, 4) is 22.5 Å². The third kappa shape index (κ3) is 5.84. The number of tetrazole rings is 1. The SMILES string of the molecule is CC(C)CCn1nc(CC2CCCCC2)nc1Cc1ccc(-c2ccccc2-c2nn[nH]n2)cc1. The van der Waals surface area contributed by atoms with Crippen LogP contribution in [-0.2, 0) is 19.4 Å². The van der Waals surface area contributed by atoms with Gasteiger partial charge in [-0.05, 0) is 40.2 Å². The Kier molecular flexibility index (Phi) is 7.31. The molecule has 0 atom stereocenters. The van der Waals surface area contributed by atoms with Crippen LogP contribution in [-0.4, -0.2) is 35.4 Å². The van der Waals surface area contributed by atoms with E-state index in [1.54, 1.807) is 0 Å². The monoisotopic (exact) mass is 469 g/mol. The summed E-state index contributed by atoms with van der Waals surface area (Å²) in [5, 5.41) is 19.6. The van der Waals surface area contributed by atoms with Gasteiger partial charge in [-0.3, -0.25) is 0 Å². The van der Waals surface area contributed by atoms with Gasteiger partial charge in [0.2, 0.25) is 5.82 Å². The molecule has 0 amide bonds. The van der Waals surface area contributed by atoms with Crippen molar-refractivity contribution < 1.29 is 0 Å². The Morgan fingerprint density at radius 2 is 1.74 bits per heavy atom. The minimum Gasteiger partial charge on any atom is -0.249 e. The van der Waals surface area contributed by atoms with E-state index in [0.29, 0.717) is 11.7 Å². The Hall–Kier alpha value is -3.35. The molecule has 2 heterocycles. The molecule has 1 aliphatic rings. The van der Waals surface area contributed by atoms with Gasteiger partial charge in [-0.1, -0.05) is 94.5 Å². The smallest absolute Gasteiger partial charge is 0.205 e. The topological polar surface area (TPSA) is 85.2 Å². The van der Waals surface area contributed by atoms with E-state index >= 15 is 0 Å². The molecule has 7 heteroatoms. The van der Waals surface area contributed by atoms with Crippen LogP contribution < -0.4 is 0 Å². The van der Waals surface area contributed by atoms with E-state index in [4.69, 9.17) is 10.1 Å². The molecule has 1 aliphatic carbocycles. The molecule has 1 N–H and O–H groups in total. The highest BCUT2D eigenvalue weighted by atomic mass is 15.5. The number of hydrogen-bond acceptors (Lipinski definition) is 5. The number of aromatic amines is 1. The molecule has 5 rings (SSSR count). The number of aromatic nitrogens is 7. The predicted octanol–water partition coefficient (Wildman–Crippen LogP) is 5.88. The second-order valence-corrected chi connectivity index (χ2v) is 10.2. The molecule has 182 valence electrons. The highest BCUT2D eigenvalue weighted by Gasteiger charge is 2.18. The number of aryl methyl sites for hydroxylation is 1. The van der Waals surface area contributed by atoms with Crippen LogP contribution in [0.25, 0.3) is 22.5 Å². The van der Waals surface area contributed by atoms with Gasteiger partial charge in [0.25, 0.3) is 0 Å². The van der Waals surface area contributed by atoms with Gasteiger partial charge >= 0.3 is 0 Å². The molecule has 2 aromatic heterocycles. The number of H-pyrrole nitrogens is 1. The summed E-state index contributed by atoms with van der Waals surface area (Å²) in [6.45, 7) is 5.47. The van der Waals surface area contributed by atoms with E-state index in [1.165, 1.54) is 37.7 Å². The van der Waals surface area contributed by atoms with Crippen molar-refractivity contribution in [2.75, 3.05) is 0 Å². The zero-order valence-electron chi connectivity index (χ0n) is 20.8. The fraction of sp³-hybridized carbons (Fsp3) is 0.464. The van der Waals surface area contributed by atoms with Crippen LogP contribution in [0.15, 0.2) is 48.5 Å². The third-order valence-corrected chi connectivity index (χ3v) is 7.05. The fourth-order valence-corrected chi connectivity index (χ4v) is 5.04. The molecule has 0 radical (unpaired) electrons. The molecule has 1 fully saturated rings. The fourth-order valence-electron chi connectivity index (χ4n) is 5.04. The Bertz CT molecular complexity index is 1200. The Morgan fingerprint density at radius 1 is 0.971 bits per heavy atom. The predicted molar refractivity (Wildman–Crippen MR) is 138 cm³/mol. The zero-order valence-corrected chi connectivity index (χ0v) is 20.8. The van der Waals surface area contributed by atoms with Crippen LogP contribution in [0.4, 0.5) is 0 Å². The molecular formula is C28H35N7. The number of nitrogens with zero attached hydrogens (tertiary/aromatic N) is 6. The first-order chi connectivity index (χ1) is 17.2. The highest BCUT2D eigenvalue weighted by molar-refractivity contribution is 5.80. The maximum atomic E-state index is 5.03. The van der Waals surface area contributed by atoms with Gasteiger partial charge in [0.1, 0.15) is 5.82 Å². The Balaban J connectivity index is 1.35. The zero-order chi connectivity index (χ0) is 24.0. The van der Waals surface area contributed by atoms with E-state index in [1.807, 2.05) is 18.2 Å². The molecule has 4 aromatic rings. The van der Waals surface area contributed by atoms with Gasteiger partial charge in [-0.15, -0.1) is 10.2 Å². The van der Waals surface area contributed by atoms with Gasteiger partial charge in [-0.2, -0.15) is 10.3 Å². The molecule has 0 bridgehead atoms. The number of hydrogen-bond donors (Lipinski definition) is 1. The average molecular weight is 470 g/mol. The van der Waals surface area contributed by atoms with E-state index in [9.17, 15) is 0 Å². The van der Waals surface area contributed by atoms with Gasteiger partial charge in [0.15, 0.2) is 5.82 Å². The molecule has 0 aliphatic heterocycles. The lowest BCUT2D eigenvalue weighted by Gasteiger charge is -2.19. The lowest BCUT2D eigenvalue weighted by atomic mass is 9.87. The maximum absolute atomic E-state index is 5.03. The van der Waals surface area contributed by atoms with Crippen LogP contribution in [0.5, 0.6) is 0 Å². The summed E-state index contributed by atoms with van der Waals surface area (Å²) in [5.41, 5.74) is 4.44. The van der Waals surface area contributed by atoms with Crippen molar-refractivity contribution in [1.82, 2.24) is 35.4 Å². The summed E-state index contributed by atoms with van der Waals surface area (Å²) in [7, 11) is 0. The molecule has 7 nitrogen and oxygen atoms in total. The molecule has 2 aromatic carbocycles. The van der Waals surface area contributed by atoms with Crippen molar-refractivity contribution in [3.05, 3.63) is 65.7 Å². The largest absolute Gasteiger partial charge is 0.249 e. The number of benzene rings is 2. The number of rotatable bonds is 9. The van der Waals surface area contributed by atoms with Crippen LogP contribution in [0.1, 0.15) is 69.6 Å². The number of nitrogens with one attached hydrogen (secondary N) is 1. The second kappa shape index (κ2) is 10.9. The Labute approximate surface area is 207 Å². The van der Waals surface area contributed by atoms with Gasteiger partial charge in [0, 0.05) is 24.9 Å². The minimum atomic E-state index is 0.605. The van der Waals surface area contributed by atoms with Crippen molar-refractivity contribution in [3.63, 3.8) is 0 Å². The van der Waals surface area contributed by atoms with Crippen LogP contribution in [0.2, 0.25) is 0 Å². The molecule has 0 unspecified atom stereocenters. The first kappa shape index (κ1) is 23.4. The summed E-state index contributed by atoms with van der Waals surface area (Å²) in [6.07, 6.45) is 9.67. The van der Waals surface area contributed by atoms with Crippen molar-refractivity contribution in [2.45, 2.75) is 71.8 Å². The highest BCUT2D eigenvalue weighted by Crippen LogP contribution is 2.30. The summed E-state index contributed by atoms with van der Waals surface area (Å²) in [4.78, 5) is 5.03. The first-order valence-electron chi connectivity index (χ1n) is 13.0. The van der Waals surface area contributed by atoms with E-state index < -0.39 is 0 Å². The van der Waals surface area contributed by atoms with E-state index in [0.717, 1.165) is 60.1 Å². The standard InChI is InChI=1S/C28H35N7/c1-20(2)16-17-35-27(29-26(32-35)18-21-8-4-3-5-9-21)19-22-12-14-23(15-13-22)24-10-6-7-11-25(24)28-30-33-34-31-28/h6-7,10-15,20-21H,3-5,8-9,16-19H2,1-2H3,(H,30,31,33,34). The minimum absolute atomic E-state index is 0.605.